The molecular weight excluding hydrogens is 228 g/mol. The second kappa shape index (κ2) is 4.15. The molecule has 84 valence electrons. The zero-order valence-electron chi connectivity index (χ0n) is 8.43. The van der Waals surface area contributed by atoms with Gasteiger partial charge in [0.1, 0.15) is 6.04 Å². The molecule has 1 aromatic heterocycles. The molecule has 4 nitrogen and oxygen atoms in total. The Hall–Kier alpha value is -1.52. The Morgan fingerprint density at radius 1 is 1.50 bits per heavy atom. The quantitative estimate of drug-likeness (QED) is 0.855. The first-order valence-corrected chi connectivity index (χ1v) is 5.18. The molecule has 0 aliphatic carbocycles. The number of halogens is 1. The van der Waals surface area contributed by atoms with Gasteiger partial charge >= 0.3 is 5.97 Å². The number of hydrogen-bond donors (Lipinski definition) is 2. The Labute approximate surface area is 97.2 Å². The molecule has 5 heteroatoms. The molecule has 16 heavy (non-hydrogen) atoms. The van der Waals surface area contributed by atoms with Gasteiger partial charge in [-0.2, -0.15) is 0 Å². The molecule has 1 unspecified atom stereocenters. The van der Waals surface area contributed by atoms with Crippen molar-refractivity contribution in [3.63, 3.8) is 0 Å². The summed E-state index contributed by atoms with van der Waals surface area (Å²) < 4.78 is 1.81. The van der Waals surface area contributed by atoms with E-state index in [0.29, 0.717) is 5.02 Å². The molecule has 0 amide bonds. The van der Waals surface area contributed by atoms with Crippen LogP contribution in [-0.2, 0) is 11.3 Å². The number of fused-ring (bicyclic) bond motifs is 1. The monoisotopic (exact) mass is 238 g/mol. The van der Waals surface area contributed by atoms with E-state index in [1.54, 1.807) is 6.07 Å². The van der Waals surface area contributed by atoms with Gasteiger partial charge < -0.3 is 15.4 Å². The van der Waals surface area contributed by atoms with Crippen LogP contribution < -0.4 is 5.73 Å². The summed E-state index contributed by atoms with van der Waals surface area (Å²) >= 11 is 5.86. The van der Waals surface area contributed by atoms with Crippen LogP contribution in [0.2, 0.25) is 5.02 Å². The highest BCUT2D eigenvalue weighted by atomic mass is 35.5. The zero-order chi connectivity index (χ0) is 11.7. The summed E-state index contributed by atoms with van der Waals surface area (Å²) in [5, 5.41) is 10.4. The second-order valence-corrected chi connectivity index (χ2v) is 4.05. The summed E-state index contributed by atoms with van der Waals surface area (Å²) in [5.74, 6) is -1.00. The van der Waals surface area contributed by atoms with Gasteiger partial charge in [0.25, 0.3) is 0 Å². The third kappa shape index (κ3) is 2.03. The molecule has 1 atom stereocenters. The largest absolute Gasteiger partial charge is 0.480 e. The number of aliphatic carboxylic acids is 1. The Morgan fingerprint density at radius 2 is 2.25 bits per heavy atom. The molecule has 0 spiro atoms. The molecular formula is C11H11ClN2O2. The predicted octanol–water partition coefficient (Wildman–Crippen LogP) is 1.71. The topological polar surface area (TPSA) is 68.2 Å². The van der Waals surface area contributed by atoms with Crippen molar-refractivity contribution >= 4 is 28.5 Å². The second-order valence-electron chi connectivity index (χ2n) is 3.62. The van der Waals surface area contributed by atoms with E-state index in [2.05, 4.69) is 0 Å². The number of benzene rings is 1. The lowest BCUT2D eigenvalue weighted by molar-refractivity contribution is -0.138. The summed E-state index contributed by atoms with van der Waals surface area (Å²) in [6.07, 6.45) is 1.81. The summed E-state index contributed by atoms with van der Waals surface area (Å²) in [4.78, 5) is 10.7. The molecule has 1 aromatic carbocycles. The lowest BCUT2D eigenvalue weighted by Gasteiger charge is -2.09. The molecule has 0 aliphatic heterocycles. The summed E-state index contributed by atoms with van der Waals surface area (Å²) in [6.45, 7) is 0.250. The molecule has 2 rings (SSSR count). The van der Waals surface area contributed by atoms with Crippen LogP contribution in [0.5, 0.6) is 0 Å². The van der Waals surface area contributed by atoms with Gasteiger partial charge in [0, 0.05) is 28.7 Å². The van der Waals surface area contributed by atoms with Crippen LogP contribution in [-0.4, -0.2) is 21.7 Å². The van der Waals surface area contributed by atoms with Crippen LogP contribution in [0.4, 0.5) is 0 Å². The fourth-order valence-electron chi connectivity index (χ4n) is 1.62. The van der Waals surface area contributed by atoms with Crippen LogP contribution in [0.25, 0.3) is 10.9 Å². The van der Waals surface area contributed by atoms with E-state index in [1.807, 2.05) is 29.0 Å². The van der Waals surface area contributed by atoms with Gasteiger partial charge in [0.15, 0.2) is 0 Å². The van der Waals surface area contributed by atoms with E-state index in [-0.39, 0.29) is 6.54 Å². The van der Waals surface area contributed by atoms with E-state index in [4.69, 9.17) is 22.4 Å². The van der Waals surface area contributed by atoms with Crippen molar-refractivity contribution in [3.05, 3.63) is 35.5 Å². The molecule has 1 heterocycles. The van der Waals surface area contributed by atoms with Gasteiger partial charge in [-0.25, -0.2) is 0 Å². The highest BCUT2D eigenvalue weighted by Crippen LogP contribution is 2.20. The maximum Gasteiger partial charge on any atom is 0.322 e. The van der Waals surface area contributed by atoms with Crippen molar-refractivity contribution in [3.8, 4) is 0 Å². The SMILES string of the molecule is NC(Cn1ccc2cc(Cl)ccc21)C(=O)O. The standard InChI is InChI=1S/C11H11ClN2O2/c12-8-1-2-10-7(5-8)3-4-14(10)6-9(13)11(15)16/h1-5,9H,6,13H2,(H,15,16). The summed E-state index contributed by atoms with van der Waals surface area (Å²) in [6, 6.07) is 6.44. The average molecular weight is 239 g/mol. The number of nitrogens with zero attached hydrogens (tertiary/aromatic N) is 1. The third-order valence-electron chi connectivity index (χ3n) is 2.44. The van der Waals surface area contributed by atoms with Gasteiger partial charge in [-0.15, -0.1) is 0 Å². The number of carboxylic acids is 1. The lowest BCUT2D eigenvalue weighted by Crippen LogP contribution is -2.34. The van der Waals surface area contributed by atoms with Gasteiger partial charge in [-0.1, -0.05) is 11.6 Å². The molecule has 0 saturated heterocycles. The van der Waals surface area contributed by atoms with Crippen LogP contribution in [0.15, 0.2) is 30.5 Å². The first-order valence-electron chi connectivity index (χ1n) is 4.81. The lowest BCUT2D eigenvalue weighted by atomic mass is 10.2. The molecule has 0 bridgehead atoms. The minimum absolute atomic E-state index is 0.250. The van der Waals surface area contributed by atoms with Crippen molar-refractivity contribution in [2.75, 3.05) is 0 Å². The normalized spacial score (nSPS) is 12.9. The molecule has 0 fully saturated rings. The van der Waals surface area contributed by atoms with Gasteiger partial charge in [-0.05, 0) is 24.3 Å². The smallest absolute Gasteiger partial charge is 0.322 e. The van der Waals surface area contributed by atoms with Crippen LogP contribution in [0.1, 0.15) is 0 Å². The van der Waals surface area contributed by atoms with Gasteiger partial charge in [-0.3, -0.25) is 4.79 Å². The maximum atomic E-state index is 10.7. The molecule has 0 radical (unpaired) electrons. The highest BCUT2D eigenvalue weighted by Gasteiger charge is 2.13. The first kappa shape index (κ1) is 11.0. The van der Waals surface area contributed by atoms with E-state index < -0.39 is 12.0 Å². The number of nitrogens with two attached hydrogens (primary N) is 1. The van der Waals surface area contributed by atoms with E-state index in [1.165, 1.54) is 0 Å². The van der Waals surface area contributed by atoms with Crippen molar-refractivity contribution in [1.82, 2.24) is 4.57 Å². The summed E-state index contributed by atoms with van der Waals surface area (Å²) in [7, 11) is 0. The number of hydrogen-bond acceptors (Lipinski definition) is 2. The van der Waals surface area contributed by atoms with Crippen LogP contribution in [0, 0.1) is 0 Å². The number of carbonyl (C=O) groups is 1. The zero-order valence-corrected chi connectivity index (χ0v) is 9.19. The number of aromatic nitrogens is 1. The molecule has 0 saturated carbocycles. The Kier molecular flexibility index (Phi) is 2.85. The van der Waals surface area contributed by atoms with Crippen LogP contribution in [0.3, 0.4) is 0 Å². The fraction of sp³-hybridized carbons (Fsp3) is 0.182. The predicted molar refractivity (Wildman–Crippen MR) is 62.6 cm³/mol. The minimum Gasteiger partial charge on any atom is -0.480 e. The van der Waals surface area contributed by atoms with Crippen molar-refractivity contribution in [2.45, 2.75) is 12.6 Å². The van der Waals surface area contributed by atoms with Gasteiger partial charge in [0.05, 0.1) is 0 Å². The highest BCUT2D eigenvalue weighted by molar-refractivity contribution is 6.31. The molecule has 3 N–H and O–H groups in total. The third-order valence-corrected chi connectivity index (χ3v) is 2.68. The van der Waals surface area contributed by atoms with E-state index in [0.717, 1.165) is 10.9 Å². The Balaban J connectivity index is 2.35. The molecule has 2 aromatic rings. The molecule has 0 aliphatic rings. The van der Waals surface area contributed by atoms with Crippen molar-refractivity contribution < 1.29 is 9.90 Å². The maximum absolute atomic E-state index is 10.7. The Morgan fingerprint density at radius 3 is 2.94 bits per heavy atom. The van der Waals surface area contributed by atoms with Crippen LogP contribution >= 0.6 is 11.6 Å². The minimum atomic E-state index is -1.00. The number of rotatable bonds is 3. The van der Waals surface area contributed by atoms with Crippen molar-refractivity contribution in [2.24, 2.45) is 5.73 Å². The van der Waals surface area contributed by atoms with E-state index >= 15 is 0 Å². The summed E-state index contributed by atoms with van der Waals surface area (Å²) in [5.41, 5.74) is 6.41. The van der Waals surface area contributed by atoms with Crippen molar-refractivity contribution in [1.29, 1.82) is 0 Å². The fourth-order valence-corrected chi connectivity index (χ4v) is 1.80. The average Bonchev–Trinajstić information content (AvgIpc) is 2.60. The van der Waals surface area contributed by atoms with Gasteiger partial charge in [0.2, 0.25) is 0 Å². The van der Waals surface area contributed by atoms with E-state index in [9.17, 15) is 4.79 Å². The number of carboxylic acid groups (broad SMARTS) is 1. The Bertz CT molecular complexity index is 536. The first-order chi connectivity index (χ1) is 7.58.